The van der Waals surface area contributed by atoms with Crippen molar-refractivity contribution in [2.75, 3.05) is 13.2 Å². The first-order valence-electron chi connectivity index (χ1n) is 5.84. The highest BCUT2D eigenvalue weighted by Gasteiger charge is 2.11. The van der Waals surface area contributed by atoms with E-state index >= 15 is 0 Å². The lowest BCUT2D eigenvalue weighted by Crippen LogP contribution is -2.30. The molecular formula is C12H18N2O4S. The first-order valence-corrected chi connectivity index (χ1v) is 7.39. The number of rotatable bonds is 6. The molecule has 0 aliphatic rings. The van der Waals surface area contributed by atoms with Gasteiger partial charge >= 0.3 is 0 Å². The summed E-state index contributed by atoms with van der Waals surface area (Å²) in [5, 5.41) is 7.75. The number of hydrogen-bond acceptors (Lipinski definition) is 4. The number of sulfonamides is 1. The maximum absolute atomic E-state index is 11.5. The van der Waals surface area contributed by atoms with Gasteiger partial charge in [-0.1, -0.05) is 12.1 Å². The molecule has 106 valence electrons. The van der Waals surface area contributed by atoms with Crippen LogP contribution in [0.4, 0.5) is 0 Å². The summed E-state index contributed by atoms with van der Waals surface area (Å²) >= 11 is 0. The number of carbonyl (C=O) groups is 1. The average molecular weight is 286 g/mol. The standard InChI is InChI=1S/C12H18N2O4S/c1-3-18-8-12(15)14-9(2)10-4-6-11(7-5-10)19(13,16)17/h4-7,9H,3,8H2,1-2H3,(H,14,15)(H2,13,16,17). The highest BCUT2D eigenvalue weighted by atomic mass is 32.2. The monoisotopic (exact) mass is 286 g/mol. The minimum absolute atomic E-state index is 0.0100. The molecule has 6 nitrogen and oxygen atoms in total. The summed E-state index contributed by atoms with van der Waals surface area (Å²) in [7, 11) is -3.69. The molecule has 7 heteroatoms. The van der Waals surface area contributed by atoms with Gasteiger partial charge in [0.25, 0.3) is 0 Å². The maximum atomic E-state index is 11.5. The zero-order chi connectivity index (χ0) is 14.5. The van der Waals surface area contributed by atoms with Crippen molar-refractivity contribution in [2.24, 2.45) is 5.14 Å². The summed E-state index contributed by atoms with van der Waals surface area (Å²) in [6, 6.07) is 5.82. The summed E-state index contributed by atoms with van der Waals surface area (Å²) in [6.07, 6.45) is 0. The highest BCUT2D eigenvalue weighted by molar-refractivity contribution is 7.89. The van der Waals surface area contributed by atoms with E-state index in [9.17, 15) is 13.2 Å². The van der Waals surface area contributed by atoms with E-state index in [2.05, 4.69) is 5.32 Å². The Morgan fingerprint density at radius 1 is 1.37 bits per heavy atom. The zero-order valence-electron chi connectivity index (χ0n) is 10.9. The third-order valence-electron chi connectivity index (χ3n) is 2.52. The molecule has 1 aromatic rings. The van der Waals surface area contributed by atoms with Crippen molar-refractivity contribution in [3.63, 3.8) is 0 Å². The molecule has 1 unspecified atom stereocenters. The molecule has 0 heterocycles. The molecular weight excluding hydrogens is 268 g/mol. The zero-order valence-corrected chi connectivity index (χ0v) is 11.7. The van der Waals surface area contributed by atoms with E-state index in [4.69, 9.17) is 9.88 Å². The second-order valence-corrected chi connectivity index (χ2v) is 5.60. The molecule has 0 radical (unpaired) electrons. The highest BCUT2D eigenvalue weighted by Crippen LogP contribution is 2.15. The molecule has 0 aromatic heterocycles. The van der Waals surface area contributed by atoms with E-state index in [0.717, 1.165) is 5.56 Å². The lowest BCUT2D eigenvalue weighted by Gasteiger charge is -2.14. The van der Waals surface area contributed by atoms with Crippen LogP contribution in [0.5, 0.6) is 0 Å². The largest absolute Gasteiger partial charge is 0.372 e. The van der Waals surface area contributed by atoms with Gasteiger partial charge in [0.15, 0.2) is 0 Å². The molecule has 0 fully saturated rings. The fourth-order valence-corrected chi connectivity index (χ4v) is 2.02. The van der Waals surface area contributed by atoms with Crippen LogP contribution in [0.15, 0.2) is 29.2 Å². The summed E-state index contributed by atoms with van der Waals surface area (Å²) in [5.74, 6) is -0.218. The minimum Gasteiger partial charge on any atom is -0.372 e. The average Bonchev–Trinajstić information content (AvgIpc) is 2.35. The molecule has 1 aromatic carbocycles. The van der Waals surface area contributed by atoms with Crippen LogP contribution < -0.4 is 10.5 Å². The molecule has 0 aliphatic heterocycles. The predicted octanol–water partition coefficient (Wildman–Crippen LogP) is 0.548. The molecule has 1 rings (SSSR count). The van der Waals surface area contributed by atoms with Crippen molar-refractivity contribution in [3.8, 4) is 0 Å². The Morgan fingerprint density at radius 3 is 2.42 bits per heavy atom. The molecule has 0 aliphatic carbocycles. The molecule has 3 N–H and O–H groups in total. The van der Waals surface area contributed by atoms with Crippen LogP contribution in [0.2, 0.25) is 0 Å². The third kappa shape index (κ3) is 4.98. The number of ether oxygens (including phenoxy) is 1. The van der Waals surface area contributed by atoms with Crippen molar-refractivity contribution in [1.82, 2.24) is 5.32 Å². The summed E-state index contributed by atoms with van der Waals surface area (Å²) in [4.78, 5) is 11.5. The number of amides is 1. The van der Waals surface area contributed by atoms with E-state index < -0.39 is 10.0 Å². The molecule has 1 atom stereocenters. The lowest BCUT2D eigenvalue weighted by atomic mass is 10.1. The van der Waals surface area contributed by atoms with Gasteiger partial charge < -0.3 is 10.1 Å². The van der Waals surface area contributed by atoms with Gasteiger partial charge in [0.2, 0.25) is 15.9 Å². The predicted molar refractivity (Wildman–Crippen MR) is 70.9 cm³/mol. The van der Waals surface area contributed by atoms with Gasteiger partial charge in [-0.05, 0) is 31.5 Å². The van der Waals surface area contributed by atoms with Gasteiger partial charge in [-0.2, -0.15) is 0 Å². The van der Waals surface area contributed by atoms with Crippen LogP contribution in [-0.2, 0) is 19.6 Å². The molecule has 0 saturated heterocycles. The van der Waals surface area contributed by atoms with Crippen molar-refractivity contribution < 1.29 is 17.9 Å². The van der Waals surface area contributed by atoms with Gasteiger partial charge in [-0.25, -0.2) is 13.6 Å². The molecule has 0 bridgehead atoms. The van der Waals surface area contributed by atoms with Crippen molar-refractivity contribution in [1.29, 1.82) is 0 Å². The van der Waals surface area contributed by atoms with Crippen molar-refractivity contribution in [2.45, 2.75) is 24.8 Å². The molecule has 0 spiro atoms. The minimum atomic E-state index is -3.69. The second-order valence-electron chi connectivity index (χ2n) is 4.04. The van der Waals surface area contributed by atoms with Crippen molar-refractivity contribution in [3.05, 3.63) is 29.8 Å². The van der Waals surface area contributed by atoms with Gasteiger partial charge in [0.05, 0.1) is 10.9 Å². The summed E-state index contributed by atoms with van der Waals surface area (Å²) < 4.78 is 27.2. The second kappa shape index (κ2) is 6.65. The number of hydrogen-bond donors (Lipinski definition) is 2. The van der Waals surface area contributed by atoms with E-state index in [-0.39, 0.29) is 23.5 Å². The van der Waals surface area contributed by atoms with Crippen LogP contribution in [0.1, 0.15) is 25.5 Å². The summed E-state index contributed by atoms with van der Waals surface area (Å²) in [5.41, 5.74) is 0.789. The Morgan fingerprint density at radius 2 is 1.95 bits per heavy atom. The fourth-order valence-electron chi connectivity index (χ4n) is 1.51. The number of nitrogens with two attached hydrogens (primary N) is 1. The van der Waals surface area contributed by atoms with E-state index in [1.54, 1.807) is 19.1 Å². The Balaban J connectivity index is 2.68. The lowest BCUT2D eigenvalue weighted by molar-refractivity contribution is -0.126. The van der Waals surface area contributed by atoms with Crippen molar-refractivity contribution >= 4 is 15.9 Å². The van der Waals surface area contributed by atoms with Gasteiger partial charge in [0.1, 0.15) is 6.61 Å². The van der Waals surface area contributed by atoms with Gasteiger partial charge in [-0.15, -0.1) is 0 Å². The smallest absolute Gasteiger partial charge is 0.246 e. The number of nitrogens with one attached hydrogen (secondary N) is 1. The Bertz CT molecular complexity index is 525. The topological polar surface area (TPSA) is 98.5 Å². The Labute approximate surface area is 113 Å². The molecule has 0 saturated carbocycles. The number of primary sulfonamides is 1. The molecule has 19 heavy (non-hydrogen) atoms. The normalized spacial score (nSPS) is 13.0. The Kier molecular flexibility index (Phi) is 5.46. The van der Waals surface area contributed by atoms with Crippen LogP contribution in [-0.4, -0.2) is 27.5 Å². The number of carbonyl (C=O) groups excluding carboxylic acids is 1. The van der Waals surface area contributed by atoms with Crippen LogP contribution in [0, 0.1) is 0 Å². The van der Waals surface area contributed by atoms with Gasteiger partial charge in [0, 0.05) is 6.61 Å². The van der Waals surface area contributed by atoms with E-state index in [0.29, 0.717) is 6.61 Å². The van der Waals surface area contributed by atoms with Crippen LogP contribution in [0.3, 0.4) is 0 Å². The van der Waals surface area contributed by atoms with Crippen LogP contribution >= 0.6 is 0 Å². The van der Waals surface area contributed by atoms with E-state index in [1.165, 1.54) is 12.1 Å². The first-order chi connectivity index (χ1) is 8.84. The molecule has 1 amide bonds. The van der Waals surface area contributed by atoms with E-state index in [1.807, 2.05) is 6.92 Å². The third-order valence-corrected chi connectivity index (χ3v) is 3.45. The quantitative estimate of drug-likeness (QED) is 0.797. The van der Waals surface area contributed by atoms with Crippen LogP contribution in [0.25, 0.3) is 0 Å². The van der Waals surface area contributed by atoms with Gasteiger partial charge in [-0.3, -0.25) is 4.79 Å². The maximum Gasteiger partial charge on any atom is 0.246 e. The fraction of sp³-hybridized carbons (Fsp3) is 0.417. The first kappa shape index (κ1) is 15.6. The Hall–Kier alpha value is -1.44. The SMILES string of the molecule is CCOCC(=O)NC(C)c1ccc(S(N)(=O)=O)cc1. The number of benzene rings is 1. The summed E-state index contributed by atoms with van der Waals surface area (Å²) in [6.45, 7) is 4.10.